The normalized spacial score (nSPS) is 10.0. The summed E-state index contributed by atoms with van der Waals surface area (Å²) in [5.41, 5.74) is 3.90. The van der Waals surface area contributed by atoms with Gasteiger partial charge in [0.2, 0.25) is 0 Å². The molecule has 0 saturated carbocycles. The molecule has 0 aliphatic carbocycles. The molecule has 0 unspecified atom stereocenters. The van der Waals surface area contributed by atoms with Crippen LogP contribution in [0.2, 0.25) is 0 Å². The van der Waals surface area contributed by atoms with Crippen LogP contribution in [0, 0.1) is 13.8 Å². The molecule has 0 amide bonds. The molecule has 0 saturated heterocycles. The van der Waals surface area contributed by atoms with E-state index in [4.69, 9.17) is 4.74 Å². The zero-order chi connectivity index (χ0) is 9.14. The van der Waals surface area contributed by atoms with Crippen molar-refractivity contribution in [3.8, 4) is 5.75 Å². The molecule has 0 aromatic heterocycles. The van der Waals surface area contributed by atoms with E-state index in [1.165, 1.54) is 16.7 Å². The van der Waals surface area contributed by atoms with Gasteiger partial charge in [-0.05, 0) is 43.0 Å². The molecule has 1 nitrogen and oxygen atoms in total. The van der Waals surface area contributed by atoms with E-state index in [0.717, 1.165) is 12.2 Å². The number of hydrogen-bond donors (Lipinski definition) is 0. The third-order valence-electron chi connectivity index (χ3n) is 2.31. The Bertz CT molecular complexity index is 277. The summed E-state index contributed by atoms with van der Waals surface area (Å²) in [6.45, 7) is 6.37. The van der Waals surface area contributed by atoms with Gasteiger partial charge < -0.3 is 4.74 Å². The lowest BCUT2D eigenvalue weighted by Crippen LogP contribution is -1.92. The molecular formula is C11H16O. The zero-order valence-electron chi connectivity index (χ0n) is 8.27. The van der Waals surface area contributed by atoms with Gasteiger partial charge in [0.15, 0.2) is 0 Å². The van der Waals surface area contributed by atoms with Crippen molar-refractivity contribution < 1.29 is 4.74 Å². The molecule has 1 heteroatoms. The van der Waals surface area contributed by atoms with Crippen molar-refractivity contribution in [1.82, 2.24) is 0 Å². The molecule has 0 bridgehead atoms. The van der Waals surface area contributed by atoms with Crippen molar-refractivity contribution >= 4 is 0 Å². The van der Waals surface area contributed by atoms with E-state index in [1.54, 1.807) is 7.11 Å². The van der Waals surface area contributed by atoms with E-state index >= 15 is 0 Å². The van der Waals surface area contributed by atoms with E-state index in [0.29, 0.717) is 0 Å². The first-order chi connectivity index (χ1) is 5.69. The molecule has 0 N–H and O–H groups in total. The molecule has 0 aliphatic rings. The van der Waals surface area contributed by atoms with Gasteiger partial charge in [0.1, 0.15) is 5.75 Å². The van der Waals surface area contributed by atoms with Crippen molar-refractivity contribution in [2.75, 3.05) is 7.11 Å². The van der Waals surface area contributed by atoms with Crippen LogP contribution in [-0.2, 0) is 6.42 Å². The van der Waals surface area contributed by atoms with Gasteiger partial charge in [0.25, 0.3) is 0 Å². The number of benzene rings is 1. The average molecular weight is 164 g/mol. The largest absolute Gasteiger partial charge is 0.496 e. The molecule has 0 atom stereocenters. The fourth-order valence-electron chi connectivity index (χ4n) is 1.32. The van der Waals surface area contributed by atoms with Gasteiger partial charge in [-0.25, -0.2) is 0 Å². The zero-order valence-corrected chi connectivity index (χ0v) is 8.27. The minimum absolute atomic E-state index is 1.01. The van der Waals surface area contributed by atoms with Crippen LogP contribution in [0.5, 0.6) is 5.75 Å². The predicted octanol–water partition coefficient (Wildman–Crippen LogP) is 2.87. The lowest BCUT2D eigenvalue weighted by molar-refractivity contribution is 0.411. The third-order valence-corrected chi connectivity index (χ3v) is 2.31. The Morgan fingerprint density at radius 2 is 1.92 bits per heavy atom. The first-order valence-electron chi connectivity index (χ1n) is 4.33. The Morgan fingerprint density at radius 3 is 2.42 bits per heavy atom. The topological polar surface area (TPSA) is 9.23 Å². The van der Waals surface area contributed by atoms with E-state index in [9.17, 15) is 0 Å². The highest BCUT2D eigenvalue weighted by molar-refractivity contribution is 5.42. The number of hydrogen-bond acceptors (Lipinski definition) is 1. The summed E-state index contributed by atoms with van der Waals surface area (Å²) in [6.07, 6.45) is 1.07. The molecule has 66 valence electrons. The minimum atomic E-state index is 1.01. The van der Waals surface area contributed by atoms with Crippen LogP contribution in [0.15, 0.2) is 12.1 Å². The SMILES string of the molecule is CCc1cc(C)c(C)c(OC)c1. The number of methoxy groups -OCH3 is 1. The van der Waals surface area contributed by atoms with Gasteiger partial charge in [0, 0.05) is 0 Å². The van der Waals surface area contributed by atoms with Crippen molar-refractivity contribution in [3.05, 3.63) is 28.8 Å². The quantitative estimate of drug-likeness (QED) is 0.653. The Morgan fingerprint density at radius 1 is 1.25 bits per heavy atom. The highest BCUT2D eigenvalue weighted by Crippen LogP contribution is 2.23. The van der Waals surface area contributed by atoms with Gasteiger partial charge in [-0.3, -0.25) is 0 Å². The molecular weight excluding hydrogens is 148 g/mol. The summed E-state index contributed by atoms with van der Waals surface area (Å²) in [5.74, 6) is 1.01. The van der Waals surface area contributed by atoms with Gasteiger partial charge >= 0.3 is 0 Å². The molecule has 1 aromatic rings. The van der Waals surface area contributed by atoms with Crippen molar-refractivity contribution in [1.29, 1.82) is 0 Å². The molecule has 0 aliphatic heterocycles. The Labute approximate surface area is 74.4 Å². The van der Waals surface area contributed by atoms with Crippen LogP contribution in [-0.4, -0.2) is 7.11 Å². The molecule has 12 heavy (non-hydrogen) atoms. The summed E-state index contributed by atoms with van der Waals surface area (Å²) in [6, 6.07) is 4.33. The van der Waals surface area contributed by atoms with Crippen LogP contribution in [0.4, 0.5) is 0 Å². The lowest BCUT2D eigenvalue weighted by atomic mass is 10.0. The first-order valence-corrected chi connectivity index (χ1v) is 4.33. The second-order valence-electron chi connectivity index (χ2n) is 3.09. The van der Waals surface area contributed by atoms with Gasteiger partial charge in [0.05, 0.1) is 7.11 Å². The second kappa shape index (κ2) is 3.61. The van der Waals surface area contributed by atoms with E-state index in [-0.39, 0.29) is 0 Å². The maximum absolute atomic E-state index is 5.27. The Hall–Kier alpha value is -0.980. The summed E-state index contributed by atoms with van der Waals surface area (Å²) >= 11 is 0. The Balaban J connectivity index is 3.19. The third kappa shape index (κ3) is 1.60. The maximum Gasteiger partial charge on any atom is 0.122 e. The average Bonchev–Trinajstić information content (AvgIpc) is 2.09. The van der Waals surface area contributed by atoms with Crippen LogP contribution in [0.3, 0.4) is 0 Å². The van der Waals surface area contributed by atoms with Crippen molar-refractivity contribution in [2.45, 2.75) is 27.2 Å². The Kier molecular flexibility index (Phi) is 2.74. The summed E-state index contributed by atoms with van der Waals surface area (Å²) in [4.78, 5) is 0. The maximum atomic E-state index is 5.27. The first kappa shape index (κ1) is 9.11. The van der Waals surface area contributed by atoms with Gasteiger partial charge in [-0.1, -0.05) is 13.0 Å². The summed E-state index contributed by atoms with van der Waals surface area (Å²) < 4.78 is 5.27. The van der Waals surface area contributed by atoms with Crippen molar-refractivity contribution in [3.63, 3.8) is 0 Å². The highest BCUT2D eigenvalue weighted by atomic mass is 16.5. The standard InChI is InChI=1S/C11H16O/c1-5-10-6-8(2)9(3)11(7-10)12-4/h6-7H,5H2,1-4H3. The van der Waals surface area contributed by atoms with Crippen LogP contribution >= 0.6 is 0 Å². The fraction of sp³-hybridized carbons (Fsp3) is 0.455. The second-order valence-corrected chi connectivity index (χ2v) is 3.09. The summed E-state index contributed by atoms with van der Waals surface area (Å²) in [7, 11) is 1.72. The van der Waals surface area contributed by atoms with E-state index in [2.05, 4.69) is 32.9 Å². The monoisotopic (exact) mass is 164 g/mol. The molecule has 0 radical (unpaired) electrons. The minimum Gasteiger partial charge on any atom is -0.496 e. The predicted molar refractivity (Wildman–Crippen MR) is 51.8 cm³/mol. The number of aryl methyl sites for hydroxylation is 2. The number of rotatable bonds is 2. The molecule has 0 spiro atoms. The lowest BCUT2D eigenvalue weighted by Gasteiger charge is -2.09. The van der Waals surface area contributed by atoms with Crippen LogP contribution in [0.25, 0.3) is 0 Å². The van der Waals surface area contributed by atoms with E-state index < -0.39 is 0 Å². The van der Waals surface area contributed by atoms with E-state index in [1.807, 2.05) is 0 Å². The van der Waals surface area contributed by atoms with Crippen molar-refractivity contribution in [2.24, 2.45) is 0 Å². The molecule has 0 heterocycles. The highest BCUT2D eigenvalue weighted by Gasteiger charge is 2.02. The molecule has 1 rings (SSSR count). The van der Waals surface area contributed by atoms with Gasteiger partial charge in [-0.15, -0.1) is 0 Å². The fourth-order valence-corrected chi connectivity index (χ4v) is 1.32. The summed E-state index contributed by atoms with van der Waals surface area (Å²) in [5, 5.41) is 0. The van der Waals surface area contributed by atoms with Crippen LogP contribution < -0.4 is 4.74 Å². The molecule has 1 aromatic carbocycles. The number of ether oxygens (including phenoxy) is 1. The molecule has 0 fully saturated rings. The van der Waals surface area contributed by atoms with Crippen LogP contribution in [0.1, 0.15) is 23.6 Å². The smallest absolute Gasteiger partial charge is 0.122 e. The van der Waals surface area contributed by atoms with Gasteiger partial charge in [-0.2, -0.15) is 0 Å².